The van der Waals surface area contributed by atoms with Crippen molar-refractivity contribution in [1.29, 1.82) is 0 Å². The maximum atomic E-state index is 14.1. The number of ketones is 1. The molecule has 5 rings (SSSR count). The van der Waals surface area contributed by atoms with Crippen LogP contribution in [0.3, 0.4) is 0 Å². The Labute approximate surface area is 214 Å². The van der Waals surface area contributed by atoms with E-state index in [1.807, 2.05) is 36.7 Å². The predicted molar refractivity (Wildman–Crippen MR) is 137 cm³/mol. The smallest absolute Gasteiger partial charge is 0.327 e. The highest BCUT2D eigenvalue weighted by Crippen LogP contribution is 2.54. The van der Waals surface area contributed by atoms with Crippen molar-refractivity contribution in [2.45, 2.75) is 38.8 Å². The van der Waals surface area contributed by atoms with Gasteiger partial charge in [-0.15, -0.1) is 34.0 Å². The van der Waals surface area contributed by atoms with E-state index in [1.165, 1.54) is 38.9 Å². The fraction of sp³-hybridized carbons (Fsp3) is 0.269. The minimum atomic E-state index is -1.21. The highest BCUT2D eigenvalue weighted by molar-refractivity contribution is 7.12. The van der Waals surface area contributed by atoms with Gasteiger partial charge >= 0.3 is 5.97 Å². The highest BCUT2D eigenvalue weighted by atomic mass is 32.1. The maximum Gasteiger partial charge on any atom is 0.327 e. The average molecular weight is 526 g/mol. The molecule has 1 fully saturated rings. The van der Waals surface area contributed by atoms with E-state index >= 15 is 0 Å². The fourth-order valence-electron chi connectivity index (χ4n) is 5.01. The van der Waals surface area contributed by atoms with Gasteiger partial charge < -0.3 is 14.4 Å². The maximum absolute atomic E-state index is 14.1. The number of nitrogens with zero attached hydrogens (tertiary/aromatic N) is 1. The van der Waals surface area contributed by atoms with Crippen LogP contribution in [0.15, 0.2) is 57.0 Å². The molecule has 0 radical (unpaired) electrons. The number of aliphatic carboxylic acids is 1. The summed E-state index contributed by atoms with van der Waals surface area (Å²) in [7, 11) is 0. The Balaban J connectivity index is 1.78. The van der Waals surface area contributed by atoms with Gasteiger partial charge in [-0.05, 0) is 78.4 Å². The van der Waals surface area contributed by atoms with Gasteiger partial charge in [-0.2, -0.15) is 0 Å². The lowest BCUT2D eigenvalue weighted by Crippen LogP contribution is -2.43. The number of likely N-dealkylation sites (tertiary alicyclic amines) is 1. The first kappa shape index (κ1) is 23.7. The molecule has 0 aliphatic carbocycles. The van der Waals surface area contributed by atoms with Crippen LogP contribution >= 0.6 is 34.0 Å². The molecule has 1 N–H and O–H groups in total. The normalized spacial score (nSPS) is 22.0. The molecule has 35 heavy (non-hydrogen) atoms. The van der Waals surface area contributed by atoms with Crippen molar-refractivity contribution in [3.63, 3.8) is 0 Å². The van der Waals surface area contributed by atoms with Crippen LogP contribution in [0.2, 0.25) is 0 Å². The summed E-state index contributed by atoms with van der Waals surface area (Å²) in [6.07, 6.45) is 0. The summed E-state index contributed by atoms with van der Waals surface area (Å²) < 4.78 is 5.72. The number of carboxylic acid groups (broad SMARTS) is 1. The van der Waals surface area contributed by atoms with Gasteiger partial charge in [-0.3, -0.25) is 9.59 Å². The van der Waals surface area contributed by atoms with Crippen molar-refractivity contribution in [3.05, 3.63) is 89.8 Å². The number of rotatable bonds is 6. The van der Waals surface area contributed by atoms with Gasteiger partial charge in [0.15, 0.2) is 5.76 Å². The summed E-state index contributed by atoms with van der Waals surface area (Å²) in [5.41, 5.74) is 1.83. The summed E-state index contributed by atoms with van der Waals surface area (Å²) in [6.45, 7) is 5.61. The minimum absolute atomic E-state index is 0.181. The largest absolute Gasteiger partial charge is 0.480 e. The Bertz CT molecular complexity index is 1400. The molecule has 5 heterocycles. The first-order chi connectivity index (χ1) is 16.8. The van der Waals surface area contributed by atoms with Crippen LogP contribution in [0, 0.1) is 26.7 Å². The monoisotopic (exact) mass is 525 g/mol. The number of amides is 1. The molecule has 0 bridgehead atoms. The number of hydrogen-bond acceptors (Lipinski definition) is 7. The molecule has 0 spiro atoms. The zero-order valence-electron chi connectivity index (χ0n) is 19.3. The number of carboxylic acids is 1. The van der Waals surface area contributed by atoms with Crippen LogP contribution in [0.1, 0.15) is 58.8 Å². The van der Waals surface area contributed by atoms with E-state index in [1.54, 1.807) is 36.6 Å². The second-order valence-electron chi connectivity index (χ2n) is 8.68. The van der Waals surface area contributed by atoms with Gasteiger partial charge in [0, 0.05) is 15.7 Å². The van der Waals surface area contributed by atoms with Crippen molar-refractivity contribution in [2.75, 3.05) is 0 Å². The molecular weight excluding hydrogens is 502 g/mol. The molecule has 4 atom stereocenters. The molecule has 4 aromatic heterocycles. The second-order valence-corrected chi connectivity index (χ2v) is 11.5. The molecule has 180 valence electrons. The Morgan fingerprint density at radius 3 is 2.09 bits per heavy atom. The van der Waals surface area contributed by atoms with E-state index < -0.39 is 29.9 Å². The van der Waals surface area contributed by atoms with E-state index in [-0.39, 0.29) is 17.5 Å². The lowest BCUT2D eigenvalue weighted by Gasteiger charge is -2.29. The van der Waals surface area contributed by atoms with Crippen molar-refractivity contribution < 1.29 is 23.9 Å². The summed E-state index contributed by atoms with van der Waals surface area (Å²) in [6, 6.07) is 8.73. The molecule has 4 unspecified atom stereocenters. The van der Waals surface area contributed by atoms with Crippen molar-refractivity contribution in [3.8, 4) is 0 Å². The highest BCUT2D eigenvalue weighted by Gasteiger charge is 2.59. The third-order valence-electron chi connectivity index (χ3n) is 6.55. The number of thiophene rings is 3. The molecule has 0 aromatic carbocycles. The second kappa shape index (κ2) is 9.22. The van der Waals surface area contributed by atoms with Gasteiger partial charge in [-0.25, -0.2) is 4.79 Å². The van der Waals surface area contributed by atoms with Crippen LogP contribution in [0.25, 0.3) is 0 Å². The van der Waals surface area contributed by atoms with E-state index in [4.69, 9.17) is 4.42 Å². The lowest BCUT2D eigenvalue weighted by molar-refractivity contribution is -0.142. The number of Topliss-reactive ketones (excluding diaryl/α,β-unsaturated/α-hetero) is 1. The molecule has 1 saturated heterocycles. The Kier molecular flexibility index (Phi) is 6.25. The zero-order valence-corrected chi connectivity index (χ0v) is 21.7. The molecule has 9 heteroatoms. The topological polar surface area (TPSA) is 87.8 Å². The summed E-state index contributed by atoms with van der Waals surface area (Å²) in [5.74, 6) is -2.56. The summed E-state index contributed by atoms with van der Waals surface area (Å²) in [5, 5.41) is 16.1. The SMILES string of the molecule is Cc1ccc(C(=O)C2C(c3sccc3C)C(C(=O)O)N(C(=O)c3cccs3)C2c2sccc2C)o1. The Hall–Kier alpha value is -3.01. The van der Waals surface area contributed by atoms with Crippen LogP contribution in [0.5, 0.6) is 0 Å². The van der Waals surface area contributed by atoms with E-state index in [0.717, 1.165) is 20.9 Å². The lowest BCUT2D eigenvalue weighted by atomic mass is 9.80. The van der Waals surface area contributed by atoms with Gasteiger partial charge in [0.1, 0.15) is 11.8 Å². The molecular formula is C26H23NO5S3. The summed E-state index contributed by atoms with van der Waals surface area (Å²) >= 11 is 4.13. The van der Waals surface area contributed by atoms with Gasteiger partial charge in [-0.1, -0.05) is 6.07 Å². The Morgan fingerprint density at radius 2 is 1.57 bits per heavy atom. The fourth-order valence-corrected chi connectivity index (χ4v) is 7.86. The molecule has 6 nitrogen and oxygen atoms in total. The molecule has 1 aliphatic rings. The van der Waals surface area contributed by atoms with Gasteiger partial charge in [0.2, 0.25) is 5.78 Å². The minimum Gasteiger partial charge on any atom is -0.480 e. The van der Waals surface area contributed by atoms with Crippen LogP contribution in [0.4, 0.5) is 0 Å². The van der Waals surface area contributed by atoms with Gasteiger partial charge in [0.05, 0.1) is 16.8 Å². The number of furan rings is 1. The number of aryl methyl sites for hydroxylation is 3. The van der Waals surface area contributed by atoms with Crippen LogP contribution in [-0.2, 0) is 4.79 Å². The third kappa shape index (κ3) is 3.97. The first-order valence-corrected chi connectivity index (χ1v) is 13.7. The van der Waals surface area contributed by atoms with Gasteiger partial charge in [0.25, 0.3) is 5.91 Å². The van der Waals surface area contributed by atoms with E-state index in [2.05, 4.69) is 0 Å². The van der Waals surface area contributed by atoms with E-state index in [9.17, 15) is 19.5 Å². The molecule has 1 amide bonds. The standard InChI is InChI=1S/C26H23NO5S3/c1-13-8-11-34-23(13)19-18(22(28)16-7-6-15(3)32-16)20(24-14(2)9-12-35-24)27(21(19)26(30)31)25(29)17-5-4-10-33-17/h4-12,18-21H,1-3H3,(H,30,31). The quantitative estimate of drug-likeness (QED) is 0.298. The average Bonchev–Trinajstić information content (AvgIpc) is 3.63. The molecule has 0 saturated carbocycles. The Morgan fingerprint density at radius 1 is 0.886 bits per heavy atom. The molecule has 1 aliphatic heterocycles. The molecule has 4 aromatic rings. The summed E-state index contributed by atoms with van der Waals surface area (Å²) in [4.78, 5) is 44.4. The van der Waals surface area contributed by atoms with Crippen LogP contribution in [-0.4, -0.2) is 33.7 Å². The zero-order chi connectivity index (χ0) is 24.9. The first-order valence-electron chi connectivity index (χ1n) is 11.1. The van der Waals surface area contributed by atoms with Crippen LogP contribution < -0.4 is 0 Å². The number of carbonyl (C=O) groups is 3. The number of carbonyl (C=O) groups excluding carboxylic acids is 2. The third-order valence-corrected chi connectivity index (χ3v) is 9.61. The van der Waals surface area contributed by atoms with Crippen molar-refractivity contribution in [1.82, 2.24) is 4.90 Å². The van der Waals surface area contributed by atoms with Crippen molar-refractivity contribution in [2.24, 2.45) is 5.92 Å². The predicted octanol–water partition coefficient (Wildman–Crippen LogP) is 6.32. The van der Waals surface area contributed by atoms with E-state index in [0.29, 0.717) is 10.6 Å². The number of hydrogen-bond donors (Lipinski definition) is 1. The van der Waals surface area contributed by atoms with Crippen molar-refractivity contribution >= 4 is 51.7 Å².